The molecule has 0 unspecified atom stereocenters. The van der Waals surface area contributed by atoms with E-state index in [1.165, 1.54) is 0 Å². The summed E-state index contributed by atoms with van der Waals surface area (Å²) < 4.78 is 38.2. The average Bonchev–Trinajstić information content (AvgIpc) is 2.69. The Balaban J connectivity index is 1.80. The predicted octanol–water partition coefficient (Wildman–Crippen LogP) is 4.86. The number of aliphatic hydroxyl groups is 1. The largest absolute Gasteiger partial charge is 0.416 e. The van der Waals surface area contributed by atoms with Gasteiger partial charge in [-0.25, -0.2) is 0 Å². The van der Waals surface area contributed by atoms with Crippen LogP contribution in [0.2, 0.25) is 5.02 Å². The van der Waals surface area contributed by atoms with Crippen molar-refractivity contribution in [2.45, 2.75) is 44.0 Å². The number of anilines is 1. The number of carbonyl (C=O) groups excluding carboxylic acids is 1. The monoisotopic (exact) mass is 439 g/mol. The smallest absolute Gasteiger partial charge is 0.393 e. The molecule has 0 bridgehead atoms. The van der Waals surface area contributed by atoms with Crippen LogP contribution < -0.4 is 10.6 Å². The molecule has 0 aliphatic heterocycles. The normalized spacial score (nSPS) is 20.0. The van der Waals surface area contributed by atoms with E-state index >= 15 is 0 Å². The van der Waals surface area contributed by atoms with Gasteiger partial charge in [0, 0.05) is 22.3 Å². The van der Waals surface area contributed by atoms with Gasteiger partial charge in [0.05, 0.1) is 11.7 Å². The molecular formula is C21H21ClF3N3O2. The van der Waals surface area contributed by atoms with E-state index in [0.717, 1.165) is 24.3 Å². The Morgan fingerprint density at radius 2 is 1.73 bits per heavy atom. The molecule has 160 valence electrons. The van der Waals surface area contributed by atoms with Gasteiger partial charge in [0.25, 0.3) is 5.91 Å². The topological polar surface area (TPSA) is 73.7 Å². The molecule has 0 spiro atoms. The van der Waals surface area contributed by atoms with Gasteiger partial charge in [-0.05, 0) is 68.1 Å². The standard InChI is InChI=1S/C21H21ClF3N3O2/c22-15-2-1-3-17(12-15)27-20(26-16-8-10-18(29)11-9-16)28-19(30)13-4-6-14(7-5-13)21(23,24)25/h1-7,12,16,18,29H,8-11H2,(H2,26,27,28,30)/t16-,18-. The first-order valence-electron chi connectivity index (χ1n) is 9.48. The molecule has 0 saturated heterocycles. The van der Waals surface area contributed by atoms with Crippen LogP contribution in [0.3, 0.4) is 0 Å². The third-order valence-corrected chi connectivity index (χ3v) is 5.03. The Hall–Kier alpha value is -2.58. The van der Waals surface area contributed by atoms with Crippen molar-refractivity contribution in [1.82, 2.24) is 5.32 Å². The van der Waals surface area contributed by atoms with Gasteiger partial charge in [-0.15, -0.1) is 0 Å². The number of nitrogens with zero attached hydrogens (tertiary/aromatic N) is 1. The second kappa shape index (κ2) is 9.49. The average molecular weight is 440 g/mol. The predicted molar refractivity (Wildman–Crippen MR) is 110 cm³/mol. The maximum atomic E-state index is 12.7. The molecular weight excluding hydrogens is 419 g/mol. The minimum absolute atomic E-state index is 0.000704. The number of hydrogen-bond acceptors (Lipinski definition) is 2. The van der Waals surface area contributed by atoms with Crippen LogP contribution in [0.4, 0.5) is 18.9 Å². The fourth-order valence-corrected chi connectivity index (χ4v) is 3.37. The van der Waals surface area contributed by atoms with E-state index in [9.17, 15) is 23.1 Å². The first-order valence-corrected chi connectivity index (χ1v) is 9.86. The van der Waals surface area contributed by atoms with Crippen molar-refractivity contribution in [2.24, 2.45) is 4.99 Å². The summed E-state index contributed by atoms with van der Waals surface area (Å²) in [4.78, 5) is 16.6. The van der Waals surface area contributed by atoms with Crippen molar-refractivity contribution in [1.29, 1.82) is 0 Å². The molecule has 0 radical (unpaired) electrons. The highest BCUT2D eigenvalue weighted by Gasteiger charge is 2.30. The summed E-state index contributed by atoms with van der Waals surface area (Å²) >= 11 is 6.00. The molecule has 0 atom stereocenters. The van der Waals surface area contributed by atoms with Gasteiger partial charge >= 0.3 is 6.18 Å². The van der Waals surface area contributed by atoms with Gasteiger partial charge in [0.1, 0.15) is 0 Å². The van der Waals surface area contributed by atoms with Crippen LogP contribution in [0, 0.1) is 0 Å². The van der Waals surface area contributed by atoms with E-state index in [-0.39, 0.29) is 23.7 Å². The summed E-state index contributed by atoms with van der Waals surface area (Å²) in [5, 5.41) is 16.3. The first-order chi connectivity index (χ1) is 14.2. The van der Waals surface area contributed by atoms with Gasteiger partial charge in [-0.1, -0.05) is 17.7 Å². The Bertz CT molecular complexity index is 908. The first kappa shape index (κ1) is 22.1. The van der Waals surface area contributed by atoms with Crippen molar-refractivity contribution in [3.63, 3.8) is 0 Å². The van der Waals surface area contributed by atoms with E-state index in [0.29, 0.717) is 36.4 Å². The van der Waals surface area contributed by atoms with E-state index in [1.54, 1.807) is 24.3 Å². The van der Waals surface area contributed by atoms with Crippen LogP contribution in [0.15, 0.2) is 53.5 Å². The molecule has 3 N–H and O–H groups in total. The lowest BCUT2D eigenvalue weighted by molar-refractivity contribution is -0.137. The number of amides is 1. The van der Waals surface area contributed by atoms with Crippen LogP contribution in [0.1, 0.15) is 41.6 Å². The molecule has 3 rings (SSSR count). The maximum Gasteiger partial charge on any atom is 0.416 e. The van der Waals surface area contributed by atoms with Crippen LogP contribution in [-0.4, -0.2) is 29.1 Å². The summed E-state index contributed by atoms with van der Waals surface area (Å²) in [6.45, 7) is 0. The zero-order chi connectivity index (χ0) is 21.7. The van der Waals surface area contributed by atoms with Gasteiger partial charge in [-0.2, -0.15) is 18.2 Å². The van der Waals surface area contributed by atoms with Crippen molar-refractivity contribution in [2.75, 3.05) is 5.32 Å². The molecule has 2 aromatic carbocycles. The molecule has 30 heavy (non-hydrogen) atoms. The molecule has 1 aliphatic rings. The zero-order valence-electron chi connectivity index (χ0n) is 15.9. The van der Waals surface area contributed by atoms with Crippen molar-refractivity contribution in [3.05, 3.63) is 64.7 Å². The van der Waals surface area contributed by atoms with Crippen LogP contribution >= 0.6 is 11.6 Å². The number of carbonyl (C=O) groups is 1. The molecule has 0 aromatic heterocycles. The van der Waals surface area contributed by atoms with Crippen molar-refractivity contribution < 1.29 is 23.1 Å². The highest BCUT2D eigenvalue weighted by atomic mass is 35.5. The second-order valence-corrected chi connectivity index (χ2v) is 7.56. The molecule has 1 saturated carbocycles. The zero-order valence-corrected chi connectivity index (χ0v) is 16.7. The number of benzene rings is 2. The second-order valence-electron chi connectivity index (χ2n) is 7.13. The quantitative estimate of drug-likeness (QED) is 0.471. The van der Waals surface area contributed by atoms with Crippen molar-refractivity contribution >= 4 is 29.2 Å². The fourth-order valence-electron chi connectivity index (χ4n) is 3.18. The number of rotatable bonds is 3. The van der Waals surface area contributed by atoms with Crippen molar-refractivity contribution in [3.8, 4) is 0 Å². The number of hydrogen-bond donors (Lipinski definition) is 3. The van der Waals surface area contributed by atoms with Gasteiger partial charge in [0.15, 0.2) is 0 Å². The fraction of sp³-hybridized carbons (Fsp3) is 0.333. The summed E-state index contributed by atoms with van der Waals surface area (Å²) in [5.74, 6) is -0.514. The Morgan fingerprint density at radius 1 is 1.07 bits per heavy atom. The lowest BCUT2D eigenvalue weighted by Crippen LogP contribution is -2.42. The summed E-state index contributed by atoms with van der Waals surface area (Å²) in [6.07, 6.45) is -2.14. The molecule has 5 nitrogen and oxygen atoms in total. The summed E-state index contributed by atoms with van der Waals surface area (Å²) in [5.41, 5.74) is -0.196. The molecule has 9 heteroatoms. The molecule has 1 amide bonds. The van der Waals surface area contributed by atoms with E-state index in [2.05, 4.69) is 15.6 Å². The number of alkyl halides is 3. The third-order valence-electron chi connectivity index (χ3n) is 4.80. The Kier molecular flexibility index (Phi) is 6.99. The van der Waals surface area contributed by atoms with Gasteiger partial charge in [-0.3, -0.25) is 4.79 Å². The van der Waals surface area contributed by atoms with E-state index in [1.807, 2.05) is 0 Å². The Labute approximate surface area is 177 Å². The number of aliphatic hydroxyl groups excluding tert-OH is 1. The Morgan fingerprint density at radius 3 is 2.33 bits per heavy atom. The molecule has 1 aliphatic carbocycles. The lowest BCUT2D eigenvalue weighted by atomic mass is 9.93. The number of nitrogens with one attached hydrogen (secondary N) is 2. The minimum atomic E-state index is -4.47. The van der Waals surface area contributed by atoms with E-state index < -0.39 is 17.6 Å². The maximum absolute atomic E-state index is 12.7. The third kappa shape index (κ3) is 6.21. The number of aliphatic imine (C=N–C) groups is 1. The van der Waals surface area contributed by atoms with Gasteiger partial charge in [0.2, 0.25) is 5.96 Å². The van der Waals surface area contributed by atoms with Crippen LogP contribution in [0.5, 0.6) is 0 Å². The molecule has 1 fully saturated rings. The van der Waals surface area contributed by atoms with Crippen LogP contribution in [-0.2, 0) is 6.18 Å². The van der Waals surface area contributed by atoms with E-state index in [4.69, 9.17) is 11.6 Å². The molecule has 2 aromatic rings. The number of halogens is 4. The highest BCUT2D eigenvalue weighted by molar-refractivity contribution is 6.30. The van der Waals surface area contributed by atoms with Crippen LogP contribution in [0.25, 0.3) is 0 Å². The number of guanidine groups is 1. The van der Waals surface area contributed by atoms with Gasteiger partial charge < -0.3 is 15.7 Å². The lowest BCUT2D eigenvalue weighted by Gasteiger charge is -2.27. The summed E-state index contributed by atoms with van der Waals surface area (Å²) in [7, 11) is 0. The summed E-state index contributed by atoms with van der Waals surface area (Å²) in [6, 6.07) is 10.7. The SMILES string of the molecule is O=C(/N=C(/Nc1cccc(Cl)c1)N[C@H]1CC[C@H](O)CC1)c1ccc(C(F)(F)F)cc1. The molecule has 0 heterocycles. The highest BCUT2D eigenvalue weighted by Crippen LogP contribution is 2.29. The minimum Gasteiger partial charge on any atom is -0.393 e.